The third-order valence-corrected chi connectivity index (χ3v) is 8.80. The highest BCUT2D eigenvalue weighted by molar-refractivity contribution is 7.98. The molecule has 0 bridgehead atoms. The number of nitrogens with zero attached hydrogens (tertiary/aromatic N) is 4. The summed E-state index contributed by atoms with van der Waals surface area (Å²) in [7, 11) is 0. The number of nitriles is 1. The topological polar surface area (TPSA) is 73.0 Å². The van der Waals surface area contributed by atoms with E-state index in [1.54, 1.807) is 11.3 Å². The number of thioether (sulfide) groups is 1. The van der Waals surface area contributed by atoms with Crippen LogP contribution in [0.4, 0.5) is 0 Å². The number of pyridine rings is 1. The molecule has 0 spiro atoms. The van der Waals surface area contributed by atoms with Crippen molar-refractivity contribution in [1.82, 2.24) is 14.9 Å². The van der Waals surface area contributed by atoms with E-state index in [2.05, 4.69) is 70.0 Å². The van der Waals surface area contributed by atoms with E-state index in [4.69, 9.17) is 9.97 Å². The van der Waals surface area contributed by atoms with Crippen LogP contribution >= 0.6 is 23.1 Å². The summed E-state index contributed by atoms with van der Waals surface area (Å²) in [6, 6.07) is 10.3. The van der Waals surface area contributed by atoms with Gasteiger partial charge < -0.3 is 5.11 Å². The molecule has 0 unspecified atom stereocenters. The molecule has 1 aliphatic heterocycles. The van der Waals surface area contributed by atoms with Crippen molar-refractivity contribution >= 4 is 23.1 Å². The van der Waals surface area contributed by atoms with Gasteiger partial charge in [-0.2, -0.15) is 5.26 Å². The fraction of sp³-hybridized carbons (Fsp3) is 0.500. The Labute approximate surface area is 230 Å². The molecule has 196 valence electrons. The molecular weight excluding hydrogens is 496 g/mol. The Morgan fingerprint density at radius 1 is 1.05 bits per heavy atom. The molecule has 0 saturated carbocycles. The predicted molar refractivity (Wildman–Crippen MR) is 155 cm³/mol. The monoisotopic (exact) mass is 534 g/mol. The second-order valence-corrected chi connectivity index (χ2v) is 13.7. The summed E-state index contributed by atoms with van der Waals surface area (Å²) < 4.78 is 0. The summed E-state index contributed by atoms with van der Waals surface area (Å²) >= 11 is 3.28. The lowest BCUT2D eigenvalue weighted by Crippen LogP contribution is -2.32. The van der Waals surface area contributed by atoms with Crippen molar-refractivity contribution in [2.24, 2.45) is 0 Å². The third-order valence-electron chi connectivity index (χ3n) is 7.10. The Hall–Kier alpha value is -2.40. The number of hydrogen-bond donors (Lipinski definition) is 1. The lowest BCUT2D eigenvalue weighted by molar-refractivity contribution is 0.202. The van der Waals surface area contributed by atoms with E-state index in [1.807, 2.05) is 18.4 Å². The lowest BCUT2D eigenvalue weighted by atomic mass is 9.78. The molecule has 0 radical (unpaired) electrons. The van der Waals surface area contributed by atoms with Crippen LogP contribution in [0.25, 0.3) is 11.3 Å². The summed E-state index contributed by atoms with van der Waals surface area (Å²) in [4.78, 5) is 12.3. The quantitative estimate of drug-likeness (QED) is 0.342. The fourth-order valence-electron chi connectivity index (χ4n) is 4.91. The van der Waals surface area contributed by atoms with Gasteiger partial charge in [-0.1, -0.05) is 41.5 Å². The minimum absolute atomic E-state index is 0.161. The number of rotatable bonds is 5. The summed E-state index contributed by atoms with van der Waals surface area (Å²) in [6.07, 6.45) is 4.12. The van der Waals surface area contributed by atoms with Crippen LogP contribution < -0.4 is 0 Å². The number of aromatic nitrogens is 2. The molecular formula is C30H38N4OS2. The maximum Gasteiger partial charge on any atom is 0.123 e. The Balaban J connectivity index is 1.49. The summed E-state index contributed by atoms with van der Waals surface area (Å²) in [5, 5.41) is 24.5. The Kier molecular flexibility index (Phi) is 8.04. The maximum atomic E-state index is 11.1. The van der Waals surface area contributed by atoms with Gasteiger partial charge in [-0.25, -0.2) is 9.97 Å². The summed E-state index contributed by atoms with van der Waals surface area (Å²) in [5.41, 5.74) is 5.38. The summed E-state index contributed by atoms with van der Waals surface area (Å²) in [6.45, 7) is 15.7. The first-order chi connectivity index (χ1) is 17.4. The molecule has 7 heteroatoms. The third kappa shape index (κ3) is 6.19. The molecule has 3 aromatic rings. The summed E-state index contributed by atoms with van der Waals surface area (Å²) in [5.74, 6) is 0.875. The molecule has 1 aromatic carbocycles. The molecule has 3 heterocycles. The molecule has 2 aromatic heterocycles. The highest BCUT2D eigenvalue weighted by Crippen LogP contribution is 2.42. The van der Waals surface area contributed by atoms with Crippen molar-refractivity contribution < 1.29 is 5.11 Å². The maximum absolute atomic E-state index is 11.1. The number of phenols is 1. The largest absolute Gasteiger partial charge is 0.507 e. The minimum Gasteiger partial charge on any atom is -0.507 e. The van der Waals surface area contributed by atoms with Gasteiger partial charge in [0.15, 0.2) is 0 Å². The molecule has 4 rings (SSSR count). The number of aromatic hydroxyl groups is 1. The Bertz CT molecular complexity index is 1270. The fourth-order valence-corrected chi connectivity index (χ4v) is 6.45. The number of likely N-dealkylation sites (tertiary alicyclic amines) is 1. The number of thiazole rings is 1. The average Bonchev–Trinajstić information content (AvgIpc) is 3.33. The molecule has 0 atom stereocenters. The number of piperidine rings is 1. The molecule has 0 aliphatic carbocycles. The molecule has 1 saturated heterocycles. The Morgan fingerprint density at radius 2 is 1.68 bits per heavy atom. The normalized spacial score (nSPS) is 15.6. The van der Waals surface area contributed by atoms with E-state index in [9.17, 15) is 10.4 Å². The van der Waals surface area contributed by atoms with Crippen LogP contribution in [0.2, 0.25) is 0 Å². The predicted octanol–water partition coefficient (Wildman–Crippen LogP) is 7.48. The molecule has 37 heavy (non-hydrogen) atoms. The van der Waals surface area contributed by atoms with Crippen LogP contribution in [-0.4, -0.2) is 39.3 Å². The van der Waals surface area contributed by atoms with E-state index in [0.717, 1.165) is 65.6 Å². The highest BCUT2D eigenvalue weighted by Gasteiger charge is 2.28. The van der Waals surface area contributed by atoms with Crippen LogP contribution in [0.15, 0.2) is 34.7 Å². The number of benzene rings is 1. The number of hydrogen-bond acceptors (Lipinski definition) is 7. The van der Waals surface area contributed by atoms with Gasteiger partial charge in [-0.15, -0.1) is 23.1 Å². The van der Waals surface area contributed by atoms with Gasteiger partial charge in [0.05, 0.1) is 22.0 Å². The molecule has 1 aliphatic rings. The van der Waals surface area contributed by atoms with Crippen molar-refractivity contribution in [2.75, 3.05) is 19.3 Å². The zero-order chi connectivity index (χ0) is 27.0. The zero-order valence-electron chi connectivity index (χ0n) is 23.1. The van der Waals surface area contributed by atoms with Crippen LogP contribution in [0.3, 0.4) is 0 Å². The molecule has 5 nitrogen and oxygen atoms in total. The SMILES string of the molecule is CSc1nc(CN2CCC(c3nc(-c4cc(C(C)(C)C)c(O)c(C(C)(C)C)c4)cs3)CC2)ccc1C#N. The van der Waals surface area contributed by atoms with Crippen LogP contribution in [-0.2, 0) is 17.4 Å². The van der Waals surface area contributed by atoms with E-state index in [0.29, 0.717) is 17.2 Å². The van der Waals surface area contributed by atoms with E-state index in [1.165, 1.54) is 16.8 Å². The lowest BCUT2D eigenvalue weighted by Gasteiger charge is -2.30. The average molecular weight is 535 g/mol. The van der Waals surface area contributed by atoms with Crippen molar-refractivity contribution in [3.63, 3.8) is 0 Å². The van der Waals surface area contributed by atoms with Crippen LogP contribution in [0.1, 0.15) is 87.7 Å². The highest BCUT2D eigenvalue weighted by atomic mass is 32.2. The van der Waals surface area contributed by atoms with Crippen molar-refractivity contribution in [3.05, 3.63) is 57.0 Å². The van der Waals surface area contributed by atoms with Gasteiger partial charge in [-0.05, 0) is 67.3 Å². The van der Waals surface area contributed by atoms with Gasteiger partial charge in [-0.3, -0.25) is 4.90 Å². The first kappa shape index (κ1) is 27.6. The first-order valence-corrected chi connectivity index (χ1v) is 15.0. The van der Waals surface area contributed by atoms with Gasteiger partial charge in [0.25, 0.3) is 0 Å². The Morgan fingerprint density at radius 3 is 2.22 bits per heavy atom. The van der Waals surface area contributed by atoms with E-state index in [-0.39, 0.29) is 10.8 Å². The second kappa shape index (κ2) is 10.8. The van der Waals surface area contributed by atoms with E-state index >= 15 is 0 Å². The number of phenolic OH excluding ortho intramolecular Hbond substituents is 1. The standard InChI is InChI=1S/C30H38N4OS2/c1-29(2,3)23-14-21(15-24(26(23)35)30(4,5)6)25-18-37-28(33-25)19-10-12-34(13-11-19)17-22-9-8-20(16-31)27(32-22)36-7/h8-9,14-15,18-19,35H,10-13,17H2,1-7H3. The molecule has 1 N–H and O–H groups in total. The van der Waals surface area contributed by atoms with Gasteiger partial charge in [0.1, 0.15) is 16.8 Å². The van der Waals surface area contributed by atoms with Crippen LogP contribution in [0, 0.1) is 11.3 Å². The van der Waals surface area contributed by atoms with Crippen molar-refractivity contribution in [2.45, 2.75) is 82.7 Å². The second-order valence-electron chi connectivity index (χ2n) is 12.0. The van der Waals surface area contributed by atoms with Gasteiger partial charge in [0.2, 0.25) is 0 Å². The van der Waals surface area contributed by atoms with Crippen molar-refractivity contribution in [1.29, 1.82) is 5.26 Å². The zero-order valence-corrected chi connectivity index (χ0v) is 24.7. The van der Waals surface area contributed by atoms with Gasteiger partial charge >= 0.3 is 0 Å². The molecule has 1 fully saturated rings. The van der Waals surface area contributed by atoms with Crippen LogP contribution in [0.5, 0.6) is 5.75 Å². The first-order valence-electron chi connectivity index (χ1n) is 12.9. The van der Waals surface area contributed by atoms with Gasteiger partial charge in [0, 0.05) is 34.5 Å². The van der Waals surface area contributed by atoms with Crippen molar-refractivity contribution in [3.8, 4) is 23.1 Å². The van der Waals surface area contributed by atoms with E-state index < -0.39 is 0 Å². The molecule has 0 amide bonds. The smallest absolute Gasteiger partial charge is 0.123 e. The minimum atomic E-state index is -0.161.